The van der Waals surface area contributed by atoms with Crippen molar-refractivity contribution < 1.29 is 13.5 Å². The zero-order valence-electron chi connectivity index (χ0n) is 11.6. The van der Waals surface area contributed by atoms with Crippen LogP contribution in [0, 0.1) is 12.3 Å². The van der Waals surface area contributed by atoms with E-state index in [9.17, 15) is 13.5 Å². The van der Waals surface area contributed by atoms with Gasteiger partial charge in [-0.05, 0) is 31.0 Å². The Bertz CT molecular complexity index is 537. The number of rotatable bonds is 6. The lowest BCUT2D eigenvalue weighted by Crippen LogP contribution is -2.30. The number of hydrogen-bond acceptors (Lipinski definition) is 4. The summed E-state index contributed by atoms with van der Waals surface area (Å²) in [5.74, 6) is 0. The third kappa shape index (κ3) is 3.92. The molecular weight excluding hydrogens is 264 g/mol. The lowest BCUT2D eigenvalue weighted by Gasteiger charge is -2.27. The van der Waals surface area contributed by atoms with Crippen molar-refractivity contribution in [2.24, 2.45) is 10.6 Å². The van der Waals surface area contributed by atoms with Crippen LogP contribution in [0.4, 0.5) is 5.69 Å². The molecule has 0 saturated carbocycles. The number of nitrogens with two attached hydrogens (primary N) is 1. The molecule has 0 aromatic heterocycles. The van der Waals surface area contributed by atoms with E-state index in [0.717, 1.165) is 12.1 Å². The Labute approximate surface area is 114 Å². The summed E-state index contributed by atoms with van der Waals surface area (Å²) in [7, 11) is -3.71. The van der Waals surface area contributed by atoms with Crippen LogP contribution in [0.2, 0.25) is 0 Å². The van der Waals surface area contributed by atoms with E-state index in [0.29, 0.717) is 12.1 Å². The zero-order chi connectivity index (χ0) is 14.7. The molecule has 0 aliphatic rings. The topological polar surface area (TPSA) is 92.4 Å². The summed E-state index contributed by atoms with van der Waals surface area (Å²) in [4.78, 5) is 0.125. The van der Waals surface area contributed by atoms with Crippen molar-refractivity contribution >= 4 is 15.7 Å². The van der Waals surface area contributed by atoms with Crippen LogP contribution in [-0.4, -0.2) is 26.7 Å². The van der Waals surface area contributed by atoms with Crippen molar-refractivity contribution in [2.75, 3.05) is 18.5 Å². The number of aliphatic hydroxyl groups is 1. The van der Waals surface area contributed by atoms with Gasteiger partial charge in [0.05, 0.1) is 11.5 Å². The van der Waals surface area contributed by atoms with E-state index in [1.54, 1.807) is 19.1 Å². The molecule has 1 aromatic rings. The second-order valence-corrected chi connectivity index (χ2v) is 6.68. The van der Waals surface area contributed by atoms with Crippen LogP contribution in [0.15, 0.2) is 23.1 Å². The summed E-state index contributed by atoms with van der Waals surface area (Å²) in [6, 6.07) is 4.94. The van der Waals surface area contributed by atoms with Gasteiger partial charge >= 0.3 is 0 Å². The summed E-state index contributed by atoms with van der Waals surface area (Å²) in [6.45, 7) is 6.33. The molecule has 1 rings (SSSR count). The Morgan fingerprint density at radius 3 is 2.53 bits per heavy atom. The molecule has 0 aliphatic carbocycles. The lowest BCUT2D eigenvalue weighted by atomic mass is 9.88. The molecule has 1 aromatic carbocycles. The number of aliphatic hydroxyl groups excluding tert-OH is 1. The summed E-state index contributed by atoms with van der Waals surface area (Å²) in [6.07, 6.45) is 0.824. The summed E-state index contributed by atoms with van der Waals surface area (Å²) in [5.41, 5.74) is 1.09. The lowest BCUT2D eigenvalue weighted by molar-refractivity contribution is 0.149. The van der Waals surface area contributed by atoms with E-state index < -0.39 is 10.0 Å². The van der Waals surface area contributed by atoms with Crippen molar-refractivity contribution in [1.29, 1.82) is 0 Å². The Balaban J connectivity index is 2.98. The number of sulfonamides is 1. The molecular formula is C13H22N2O3S. The van der Waals surface area contributed by atoms with E-state index in [1.165, 1.54) is 6.07 Å². The molecule has 0 heterocycles. The van der Waals surface area contributed by atoms with Gasteiger partial charge in [-0.3, -0.25) is 0 Å². The maximum atomic E-state index is 11.4. The van der Waals surface area contributed by atoms with Gasteiger partial charge in [-0.2, -0.15) is 0 Å². The Morgan fingerprint density at radius 2 is 2.05 bits per heavy atom. The van der Waals surface area contributed by atoms with Crippen LogP contribution in [0.25, 0.3) is 0 Å². The minimum Gasteiger partial charge on any atom is -0.396 e. The number of benzene rings is 1. The smallest absolute Gasteiger partial charge is 0.238 e. The number of primary sulfonamides is 1. The molecule has 0 amide bonds. The third-order valence-corrected chi connectivity index (χ3v) is 4.59. The van der Waals surface area contributed by atoms with Gasteiger partial charge in [0.2, 0.25) is 10.0 Å². The van der Waals surface area contributed by atoms with Gasteiger partial charge in [0.25, 0.3) is 0 Å². The minimum atomic E-state index is -3.71. The maximum absolute atomic E-state index is 11.4. The molecule has 0 spiro atoms. The first kappa shape index (κ1) is 15.9. The summed E-state index contributed by atoms with van der Waals surface area (Å²) < 4.78 is 22.9. The molecule has 19 heavy (non-hydrogen) atoms. The fourth-order valence-corrected chi connectivity index (χ4v) is 2.52. The van der Waals surface area contributed by atoms with E-state index >= 15 is 0 Å². The van der Waals surface area contributed by atoms with Gasteiger partial charge in [0.15, 0.2) is 0 Å². The average molecular weight is 286 g/mol. The van der Waals surface area contributed by atoms with Crippen LogP contribution in [0.1, 0.15) is 25.8 Å². The van der Waals surface area contributed by atoms with Gasteiger partial charge in [-0.25, -0.2) is 13.6 Å². The molecule has 1 atom stereocenters. The molecule has 0 aliphatic heterocycles. The fraction of sp³-hybridized carbons (Fsp3) is 0.538. The van der Waals surface area contributed by atoms with Crippen LogP contribution >= 0.6 is 0 Å². The van der Waals surface area contributed by atoms with Gasteiger partial charge in [-0.1, -0.05) is 19.9 Å². The SMILES string of the molecule is CCC(C)(CO)CNc1cccc(S(N)(=O)=O)c1C. The second kappa shape index (κ2) is 5.90. The van der Waals surface area contributed by atoms with Crippen LogP contribution in [0.5, 0.6) is 0 Å². The molecule has 108 valence electrons. The van der Waals surface area contributed by atoms with Crippen LogP contribution in [0.3, 0.4) is 0 Å². The number of anilines is 1. The fourth-order valence-electron chi connectivity index (χ4n) is 1.72. The zero-order valence-corrected chi connectivity index (χ0v) is 12.4. The largest absolute Gasteiger partial charge is 0.396 e. The highest BCUT2D eigenvalue weighted by Crippen LogP contribution is 2.25. The van der Waals surface area contributed by atoms with Crippen molar-refractivity contribution in [3.05, 3.63) is 23.8 Å². The molecule has 1 unspecified atom stereocenters. The molecule has 0 saturated heterocycles. The number of nitrogens with one attached hydrogen (secondary N) is 1. The van der Waals surface area contributed by atoms with Gasteiger partial charge in [-0.15, -0.1) is 0 Å². The summed E-state index contributed by atoms with van der Waals surface area (Å²) >= 11 is 0. The Kier molecular flexibility index (Phi) is 4.95. The van der Waals surface area contributed by atoms with E-state index in [-0.39, 0.29) is 16.9 Å². The van der Waals surface area contributed by atoms with Crippen LogP contribution < -0.4 is 10.5 Å². The van der Waals surface area contributed by atoms with Crippen LogP contribution in [-0.2, 0) is 10.0 Å². The minimum absolute atomic E-state index is 0.0738. The maximum Gasteiger partial charge on any atom is 0.238 e. The van der Waals surface area contributed by atoms with Gasteiger partial charge in [0.1, 0.15) is 0 Å². The highest BCUT2D eigenvalue weighted by molar-refractivity contribution is 7.89. The third-order valence-electron chi connectivity index (χ3n) is 3.53. The first-order valence-corrected chi connectivity index (χ1v) is 7.75. The molecule has 0 radical (unpaired) electrons. The average Bonchev–Trinajstić information content (AvgIpc) is 2.36. The van der Waals surface area contributed by atoms with Crippen molar-refractivity contribution in [1.82, 2.24) is 0 Å². The quantitative estimate of drug-likeness (QED) is 0.738. The van der Waals surface area contributed by atoms with E-state index in [2.05, 4.69) is 5.32 Å². The van der Waals surface area contributed by atoms with Crippen molar-refractivity contribution in [3.8, 4) is 0 Å². The normalized spacial score (nSPS) is 15.0. The van der Waals surface area contributed by atoms with E-state index in [4.69, 9.17) is 5.14 Å². The Hall–Kier alpha value is -1.11. The molecule has 4 N–H and O–H groups in total. The Morgan fingerprint density at radius 1 is 1.42 bits per heavy atom. The second-order valence-electron chi connectivity index (χ2n) is 5.15. The summed E-state index contributed by atoms with van der Waals surface area (Å²) in [5, 5.41) is 17.7. The first-order chi connectivity index (χ1) is 8.73. The van der Waals surface area contributed by atoms with Gasteiger partial charge in [0, 0.05) is 17.6 Å². The molecule has 0 bridgehead atoms. The monoisotopic (exact) mass is 286 g/mol. The first-order valence-electron chi connectivity index (χ1n) is 6.20. The molecule has 0 fully saturated rings. The molecule has 5 nitrogen and oxygen atoms in total. The highest BCUT2D eigenvalue weighted by Gasteiger charge is 2.21. The predicted molar refractivity (Wildman–Crippen MR) is 76.5 cm³/mol. The van der Waals surface area contributed by atoms with E-state index in [1.807, 2.05) is 13.8 Å². The van der Waals surface area contributed by atoms with Crippen molar-refractivity contribution in [3.63, 3.8) is 0 Å². The number of hydrogen-bond donors (Lipinski definition) is 3. The van der Waals surface area contributed by atoms with Gasteiger partial charge < -0.3 is 10.4 Å². The molecule has 6 heteroatoms. The predicted octanol–water partition coefficient (Wildman–Crippen LogP) is 1.46. The standard InChI is InChI=1S/C13H22N2O3S/c1-4-13(3,9-16)8-15-11-6-5-7-12(10(11)2)19(14,17)18/h5-7,15-16H,4,8-9H2,1-3H3,(H2,14,17,18). The van der Waals surface area contributed by atoms with Crippen molar-refractivity contribution in [2.45, 2.75) is 32.1 Å². The highest BCUT2D eigenvalue weighted by atomic mass is 32.2.